The van der Waals surface area contributed by atoms with Gasteiger partial charge in [-0.05, 0) is 58.8 Å². The number of carboxylic acid groups (broad SMARTS) is 1. The largest absolute Gasteiger partial charge is 0.481 e. The Hall–Kier alpha value is -5.23. The first-order chi connectivity index (χ1) is 27.5. The quantitative estimate of drug-likeness (QED) is 0.141. The molecule has 2 aliphatic rings. The first-order valence-electron chi connectivity index (χ1n) is 20.0. The van der Waals surface area contributed by atoms with Crippen LogP contribution in [0.4, 0.5) is 0 Å². The summed E-state index contributed by atoms with van der Waals surface area (Å²) in [7, 11) is -1.03. The number of rotatable bonds is 6. The molecule has 59 heavy (non-hydrogen) atoms. The molecule has 1 heterocycles. The Labute approximate surface area is 355 Å². The second-order valence-electron chi connectivity index (χ2n) is 17.3. The maximum Gasteiger partial charge on any atom is 0.337 e. The summed E-state index contributed by atoms with van der Waals surface area (Å²) < 4.78 is 17.1. The summed E-state index contributed by atoms with van der Waals surface area (Å²) in [5, 5.41) is 30.5. The Kier molecular flexibility index (Phi) is 24.3. The van der Waals surface area contributed by atoms with Gasteiger partial charge in [-0.25, -0.2) is 11.4 Å². The number of hydrogen-bond acceptors (Lipinski definition) is 8. The number of esters is 1. The molecule has 1 aliphatic heterocycles. The van der Waals surface area contributed by atoms with Crippen molar-refractivity contribution in [2.24, 2.45) is 21.2 Å². The highest BCUT2D eigenvalue weighted by Crippen LogP contribution is 2.38. The molecule has 10 nitrogen and oxygen atoms in total. The van der Waals surface area contributed by atoms with Gasteiger partial charge in [0.1, 0.15) is 13.0 Å². The third-order valence-electron chi connectivity index (χ3n) is 8.91. The highest BCUT2D eigenvalue weighted by atomic mass is 31.2. The smallest absolute Gasteiger partial charge is 0.337 e. The molecular formula is C48H68N5O5P. The van der Waals surface area contributed by atoms with Gasteiger partial charge in [0, 0.05) is 49.8 Å². The van der Waals surface area contributed by atoms with E-state index in [4.69, 9.17) is 22.2 Å². The number of carbonyl (C=O) groups is 2. The summed E-state index contributed by atoms with van der Waals surface area (Å²) >= 11 is 0. The molecule has 1 saturated carbocycles. The highest BCUT2D eigenvalue weighted by Gasteiger charge is 2.26. The summed E-state index contributed by atoms with van der Waals surface area (Å²) in [6, 6.07) is 32.6. The molecule has 5 rings (SSSR count). The van der Waals surface area contributed by atoms with E-state index in [1.54, 1.807) is 38.1 Å². The van der Waals surface area contributed by atoms with Crippen LogP contribution in [-0.2, 0) is 14.1 Å². The molecule has 11 heteroatoms. The van der Waals surface area contributed by atoms with E-state index in [9.17, 15) is 14.2 Å². The van der Waals surface area contributed by atoms with Gasteiger partial charge in [-0.2, -0.15) is 10.5 Å². The molecule has 1 aliphatic carbocycles. The second-order valence-corrected chi connectivity index (χ2v) is 20.1. The van der Waals surface area contributed by atoms with Crippen molar-refractivity contribution in [1.29, 1.82) is 10.5 Å². The van der Waals surface area contributed by atoms with Crippen molar-refractivity contribution < 1.29 is 24.0 Å². The van der Waals surface area contributed by atoms with E-state index >= 15 is 0 Å². The van der Waals surface area contributed by atoms with E-state index in [2.05, 4.69) is 53.7 Å². The van der Waals surface area contributed by atoms with E-state index in [1.807, 2.05) is 100 Å². The molecule has 3 aromatic rings. The van der Waals surface area contributed by atoms with Crippen LogP contribution in [0.25, 0.3) is 4.85 Å². The zero-order valence-electron chi connectivity index (χ0n) is 37.3. The number of hydrogen-bond donors (Lipinski definition) is 2. The van der Waals surface area contributed by atoms with Gasteiger partial charge >= 0.3 is 11.9 Å². The van der Waals surface area contributed by atoms with Crippen molar-refractivity contribution in [2.45, 2.75) is 113 Å². The molecule has 1 fully saturated rings. The number of nitrogens with zero attached hydrogens (tertiary/aromatic N) is 4. The fourth-order valence-electron chi connectivity index (χ4n) is 5.09. The van der Waals surface area contributed by atoms with Gasteiger partial charge in [0.05, 0.1) is 42.2 Å². The minimum atomic E-state index is -2.40. The van der Waals surface area contributed by atoms with E-state index in [0.717, 1.165) is 42.4 Å². The minimum absolute atomic E-state index is 0.0260. The van der Waals surface area contributed by atoms with Crippen LogP contribution in [0.2, 0.25) is 0 Å². The summed E-state index contributed by atoms with van der Waals surface area (Å²) in [6.07, 6.45) is 6.55. The van der Waals surface area contributed by atoms with Gasteiger partial charge in [0.15, 0.2) is 0 Å². The number of nitriles is 2. The van der Waals surface area contributed by atoms with Gasteiger partial charge in [0.25, 0.3) is 0 Å². The van der Waals surface area contributed by atoms with Crippen molar-refractivity contribution in [3.05, 3.63) is 108 Å². The monoisotopic (exact) mass is 825 g/mol. The Morgan fingerprint density at radius 3 is 1.59 bits per heavy atom. The standard InChI is InChI=1S/C13H13OP.C8H13N.C8H8O2.C7H14N2.C7H11NO2.C5H9N/c1-15(14,12-8-4-2-5-9-12)13-10-6-3-7-11-13;1-8(7-9)5-3-2-4-6-8;1-10-8(9)7-5-3-2-4-6-7;1-7(2,3)6-8-4-5-9-6;1-7(2,5-8)4-3-6(9)10;1-5(2,3)6-4/h2-11H,1H3;2-6H2,1H3;2-6H,1H3;4-5H2,1-3H3,(H,8,9);3-4H2,1-2H3,(H,9,10);1-3H3. The van der Waals surface area contributed by atoms with Crippen LogP contribution in [0.3, 0.4) is 0 Å². The minimum Gasteiger partial charge on any atom is -0.481 e. The SMILES string of the molecule is CC(C)(C#N)CCC(=O)O.CC(C)(C)C1=NCCN1.CC1(C#N)CCCCC1.COC(=O)c1ccccc1.CP(=O)(c1ccccc1)c1ccccc1.[C-]#[N+]C(C)(C)C. The second kappa shape index (κ2) is 26.7. The molecule has 3 aromatic carbocycles. The number of benzene rings is 3. The number of carbonyl (C=O) groups excluding carboxylic acids is 1. The zero-order chi connectivity index (χ0) is 45.2. The van der Waals surface area contributed by atoms with E-state index in [-0.39, 0.29) is 28.8 Å². The first kappa shape index (κ1) is 53.8. The lowest BCUT2D eigenvalue weighted by Crippen LogP contribution is -2.31. The first-order valence-corrected chi connectivity index (χ1v) is 22.2. The number of aliphatic carboxylic acids is 1. The number of ether oxygens (including phenoxy) is 1. The van der Waals surface area contributed by atoms with Gasteiger partial charge in [-0.1, -0.05) is 119 Å². The molecular weight excluding hydrogens is 758 g/mol. The lowest BCUT2D eigenvalue weighted by molar-refractivity contribution is -0.137. The molecule has 2 N–H and O–H groups in total. The van der Waals surface area contributed by atoms with Gasteiger partial charge in [-0.15, -0.1) is 0 Å². The van der Waals surface area contributed by atoms with Crippen molar-refractivity contribution in [3.8, 4) is 12.1 Å². The van der Waals surface area contributed by atoms with E-state index in [1.165, 1.54) is 26.4 Å². The van der Waals surface area contributed by atoms with Crippen molar-refractivity contribution in [1.82, 2.24) is 5.32 Å². The predicted molar refractivity (Wildman–Crippen MR) is 243 cm³/mol. The Bertz CT molecular complexity index is 1830. The maximum absolute atomic E-state index is 12.6. The van der Waals surface area contributed by atoms with Crippen LogP contribution >= 0.6 is 7.14 Å². The molecule has 320 valence electrons. The van der Waals surface area contributed by atoms with E-state index < -0.39 is 18.5 Å². The topological polar surface area (TPSA) is 157 Å². The number of nitrogens with one attached hydrogen (secondary N) is 1. The number of methoxy groups -OCH3 is 1. The fourth-order valence-corrected chi connectivity index (χ4v) is 6.87. The van der Waals surface area contributed by atoms with Crippen LogP contribution in [-0.4, -0.2) is 55.3 Å². The normalized spacial score (nSPS) is 13.9. The average Bonchev–Trinajstić information content (AvgIpc) is 3.79. The summed E-state index contributed by atoms with van der Waals surface area (Å²) in [6.45, 7) is 28.0. The van der Waals surface area contributed by atoms with Crippen LogP contribution < -0.4 is 15.9 Å². The summed E-state index contributed by atoms with van der Waals surface area (Å²) in [4.78, 5) is 28.4. The lowest BCUT2D eigenvalue weighted by atomic mass is 9.77. The van der Waals surface area contributed by atoms with Crippen LogP contribution in [0.15, 0.2) is 96.0 Å². The van der Waals surface area contributed by atoms with Crippen LogP contribution in [0, 0.1) is 45.5 Å². The lowest BCUT2D eigenvalue weighted by Gasteiger charge is -2.25. The van der Waals surface area contributed by atoms with Crippen molar-refractivity contribution >= 4 is 35.5 Å². The molecule has 0 aromatic heterocycles. The number of amidine groups is 1. The fraction of sp³-hybridized carbons (Fsp3) is 0.500. The predicted octanol–water partition coefficient (Wildman–Crippen LogP) is 10.7. The number of carboxylic acids is 1. The van der Waals surface area contributed by atoms with Gasteiger partial charge in [0.2, 0.25) is 5.54 Å². The molecule has 0 amide bonds. The van der Waals surface area contributed by atoms with Crippen molar-refractivity contribution in [2.75, 3.05) is 26.9 Å². The van der Waals surface area contributed by atoms with Gasteiger partial charge in [-0.3, -0.25) is 9.79 Å². The van der Waals surface area contributed by atoms with Crippen molar-refractivity contribution in [3.63, 3.8) is 0 Å². The Morgan fingerprint density at radius 2 is 1.31 bits per heavy atom. The van der Waals surface area contributed by atoms with Crippen LogP contribution in [0.1, 0.15) is 118 Å². The molecule has 0 atom stereocenters. The van der Waals surface area contributed by atoms with Crippen LogP contribution in [0.5, 0.6) is 0 Å². The molecule has 0 bridgehead atoms. The van der Waals surface area contributed by atoms with Gasteiger partial charge < -0.3 is 24.6 Å². The maximum atomic E-state index is 12.6. The third kappa shape index (κ3) is 24.3. The number of aliphatic imine (C=N–C) groups is 1. The molecule has 0 spiro atoms. The Morgan fingerprint density at radius 1 is 0.864 bits per heavy atom. The molecule has 0 saturated heterocycles. The third-order valence-corrected chi connectivity index (χ3v) is 11.5. The zero-order valence-corrected chi connectivity index (χ0v) is 38.2. The average molecular weight is 826 g/mol. The molecule has 0 unspecified atom stereocenters. The Balaban J connectivity index is 0.000000699. The summed E-state index contributed by atoms with van der Waals surface area (Å²) in [5.41, 5.74) is 0.164. The molecule has 0 radical (unpaired) electrons. The highest BCUT2D eigenvalue weighted by molar-refractivity contribution is 7.78. The van der Waals surface area contributed by atoms with E-state index in [0.29, 0.717) is 12.0 Å². The summed E-state index contributed by atoms with van der Waals surface area (Å²) in [5.74, 6) is 0.0198.